The molecular formula is C16H22N2. The zero-order valence-electron chi connectivity index (χ0n) is 12.2. The molecule has 0 saturated heterocycles. The molecule has 0 spiro atoms. The van der Waals surface area contributed by atoms with Crippen molar-refractivity contribution in [3.63, 3.8) is 0 Å². The van der Waals surface area contributed by atoms with E-state index in [4.69, 9.17) is 4.98 Å². The van der Waals surface area contributed by atoms with Gasteiger partial charge in [-0.2, -0.15) is 0 Å². The van der Waals surface area contributed by atoms with Crippen LogP contribution < -0.4 is 5.32 Å². The summed E-state index contributed by atoms with van der Waals surface area (Å²) in [7, 11) is 1.94. The maximum Gasteiger partial charge on any atom is 0.130 e. The van der Waals surface area contributed by atoms with E-state index in [2.05, 4.69) is 58.1 Å². The predicted octanol–water partition coefficient (Wildman–Crippen LogP) is 4.19. The number of aryl methyl sites for hydroxylation is 2. The van der Waals surface area contributed by atoms with Gasteiger partial charge in [0.05, 0.1) is 5.52 Å². The van der Waals surface area contributed by atoms with Crippen LogP contribution in [0.15, 0.2) is 18.2 Å². The normalized spacial score (nSPS) is 11.9. The molecule has 2 aromatic rings. The average molecular weight is 242 g/mol. The van der Waals surface area contributed by atoms with E-state index in [0.717, 1.165) is 11.3 Å². The van der Waals surface area contributed by atoms with E-state index >= 15 is 0 Å². The van der Waals surface area contributed by atoms with Crippen LogP contribution in [0, 0.1) is 13.8 Å². The van der Waals surface area contributed by atoms with Gasteiger partial charge in [-0.05, 0) is 42.5 Å². The van der Waals surface area contributed by atoms with Crippen molar-refractivity contribution in [2.24, 2.45) is 0 Å². The topological polar surface area (TPSA) is 24.9 Å². The number of rotatable bonds is 1. The van der Waals surface area contributed by atoms with Gasteiger partial charge in [-0.3, -0.25) is 0 Å². The Labute approximate surface area is 109 Å². The summed E-state index contributed by atoms with van der Waals surface area (Å²) in [5, 5.41) is 4.48. The second kappa shape index (κ2) is 4.27. The van der Waals surface area contributed by atoms with E-state index in [9.17, 15) is 0 Å². The van der Waals surface area contributed by atoms with Crippen LogP contribution in [0.4, 0.5) is 5.82 Å². The van der Waals surface area contributed by atoms with Gasteiger partial charge in [0.1, 0.15) is 5.82 Å². The third-order valence-corrected chi connectivity index (χ3v) is 3.33. The fourth-order valence-electron chi connectivity index (χ4n) is 2.39. The molecule has 2 rings (SSSR count). The Kier molecular flexibility index (Phi) is 3.05. The SMILES string of the molecule is CNc1nc2cc(C)cc(C)c2cc1C(C)(C)C. The molecule has 2 nitrogen and oxygen atoms in total. The van der Waals surface area contributed by atoms with Crippen LogP contribution in [0.3, 0.4) is 0 Å². The number of anilines is 1. The number of benzene rings is 1. The van der Waals surface area contributed by atoms with Crippen molar-refractivity contribution in [2.75, 3.05) is 12.4 Å². The lowest BCUT2D eigenvalue weighted by Crippen LogP contribution is -2.15. The van der Waals surface area contributed by atoms with Crippen LogP contribution >= 0.6 is 0 Å². The zero-order valence-corrected chi connectivity index (χ0v) is 12.2. The van der Waals surface area contributed by atoms with Crippen molar-refractivity contribution < 1.29 is 0 Å². The summed E-state index contributed by atoms with van der Waals surface area (Å²) < 4.78 is 0. The molecular weight excluding hydrogens is 220 g/mol. The van der Waals surface area contributed by atoms with Crippen molar-refractivity contribution in [1.29, 1.82) is 0 Å². The van der Waals surface area contributed by atoms with E-state index in [0.29, 0.717) is 0 Å². The first-order valence-corrected chi connectivity index (χ1v) is 6.43. The lowest BCUT2D eigenvalue weighted by Gasteiger charge is -2.23. The molecule has 0 radical (unpaired) electrons. The summed E-state index contributed by atoms with van der Waals surface area (Å²) in [6.07, 6.45) is 0. The van der Waals surface area contributed by atoms with Crippen molar-refractivity contribution in [3.8, 4) is 0 Å². The Morgan fingerprint density at radius 3 is 2.28 bits per heavy atom. The van der Waals surface area contributed by atoms with Gasteiger partial charge in [0.15, 0.2) is 0 Å². The molecule has 2 heteroatoms. The molecule has 0 unspecified atom stereocenters. The summed E-state index contributed by atoms with van der Waals surface area (Å²) in [6.45, 7) is 10.9. The van der Waals surface area contributed by atoms with E-state index in [-0.39, 0.29) is 5.41 Å². The first kappa shape index (κ1) is 12.9. The molecule has 1 N–H and O–H groups in total. The molecule has 1 aromatic carbocycles. The molecule has 0 atom stereocenters. The average Bonchev–Trinajstić information content (AvgIpc) is 2.25. The molecule has 18 heavy (non-hydrogen) atoms. The van der Waals surface area contributed by atoms with Crippen LogP contribution in [0.5, 0.6) is 0 Å². The Bertz CT molecular complexity index is 592. The number of pyridine rings is 1. The highest BCUT2D eigenvalue weighted by Gasteiger charge is 2.19. The van der Waals surface area contributed by atoms with E-state index in [1.807, 2.05) is 7.05 Å². The van der Waals surface area contributed by atoms with Crippen molar-refractivity contribution >= 4 is 16.7 Å². The molecule has 0 saturated carbocycles. The molecule has 0 amide bonds. The predicted molar refractivity (Wildman–Crippen MR) is 79.5 cm³/mol. The lowest BCUT2D eigenvalue weighted by atomic mass is 9.86. The first-order chi connectivity index (χ1) is 8.32. The largest absolute Gasteiger partial charge is 0.373 e. The number of fused-ring (bicyclic) bond motifs is 1. The molecule has 0 bridgehead atoms. The van der Waals surface area contributed by atoms with Crippen LogP contribution in [0.25, 0.3) is 10.9 Å². The van der Waals surface area contributed by atoms with Gasteiger partial charge in [-0.15, -0.1) is 0 Å². The van der Waals surface area contributed by atoms with Crippen LogP contribution in [-0.4, -0.2) is 12.0 Å². The molecule has 96 valence electrons. The van der Waals surface area contributed by atoms with Gasteiger partial charge in [0.25, 0.3) is 0 Å². The quantitative estimate of drug-likeness (QED) is 0.811. The van der Waals surface area contributed by atoms with E-state index in [1.54, 1.807) is 0 Å². The Morgan fingerprint density at radius 2 is 1.72 bits per heavy atom. The summed E-state index contributed by atoms with van der Waals surface area (Å²) in [5.74, 6) is 0.986. The van der Waals surface area contributed by atoms with Gasteiger partial charge in [-0.1, -0.05) is 26.8 Å². The highest BCUT2D eigenvalue weighted by molar-refractivity contribution is 5.85. The number of aromatic nitrogens is 1. The van der Waals surface area contributed by atoms with Gasteiger partial charge >= 0.3 is 0 Å². The summed E-state index contributed by atoms with van der Waals surface area (Å²) in [6, 6.07) is 6.65. The van der Waals surface area contributed by atoms with E-state index < -0.39 is 0 Å². The van der Waals surface area contributed by atoms with Crippen molar-refractivity contribution in [2.45, 2.75) is 40.0 Å². The Balaban J connectivity index is 2.82. The van der Waals surface area contributed by atoms with Gasteiger partial charge < -0.3 is 5.32 Å². The molecule has 0 aliphatic rings. The molecule has 0 fully saturated rings. The minimum Gasteiger partial charge on any atom is -0.373 e. The third-order valence-electron chi connectivity index (χ3n) is 3.33. The molecule has 0 aliphatic carbocycles. The fourth-order valence-corrected chi connectivity index (χ4v) is 2.39. The second-order valence-corrected chi connectivity index (χ2v) is 6.03. The maximum absolute atomic E-state index is 4.77. The van der Waals surface area contributed by atoms with Gasteiger partial charge in [-0.25, -0.2) is 4.98 Å². The smallest absolute Gasteiger partial charge is 0.130 e. The highest BCUT2D eigenvalue weighted by Crippen LogP contribution is 2.32. The number of nitrogens with zero attached hydrogens (tertiary/aromatic N) is 1. The summed E-state index contributed by atoms with van der Waals surface area (Å²) >= 11 is 0. The van der Waals surface area contributed by atoms with Crippen LogP contribution in [-0.2, 0) is 5.41 Å². The summed E-state index contributed by atoms with van der Waals surface area (Å²) in [5.41, 5.74) is 5.00. The zero-order chi connectivity index (χ0) is 13.5. The standard InChI is InChI=1S/C16H22N2/c1-10-7-11(2)12-9-13(16(3,4)5)15(17-6)18-14(12)8-10/h7-9H,1-6H3,(H,17,18). The Morgan fingerprint density at radius 1 is 1.06 bits per heavy atom. The molecule has 1 aromatic heterocycles. The van der Waals surface area contributed by atoms with Crippen LogP contribution in [0.2, 0.25) is 0 Å². The Hall–Kier alpha value is -1.57. The van der Waals surface area contributed by atoms with Crippen molar-refractivity contribution in [1.82, 2.24) is 4.98 Å². The lowest BCUT2D eigenvalue weighted by molar-refractivity contribution is 0.591. The third kappa shape index (κ3) is 2.20. The number of nitrogens with one attached hydrogen (secondary N) is 1. The minimum absolute atomic E-state index is 0.0941. The van der Waals surface area contributed by atoms with Crippen molar-refractivity contribution in [3.05, 3.63) is 34.9 Å². The molecule has 1 heterocycles. The monoisotopic (exact) mass is 242 g/mol. The number of hydrogen-bond donors (Lipinski definition) is 1. The fraction of sp³-hybridized carbons (Fsp3) is 0.438. The van der Waals surface area contributed by atoms with Crippen LogP contribution in [0.1, 0.15) is 37.5 Å². The highest BCUT2D eigenvalue weighted by atomic mass is 15.0. The first-order valence-electron chi connectivity index (χ1n) is 6.43. The molecule has 0 aliphatic heterocycles. The van der Waals surface area contributed by atoms with E-state index in [1.165, 1.54) is 22.1 Å². The summed E-state index contributed by atoms with van der Waals surface area (Å²) in [4.78, 5) is 4.77. The maximum atomic E-state index is 4.77. The second-order valence-electron chi connectivity index (χ2n) is 6.03. The van der Waals surface area contributed by atoms with Gasteiger partial charge in [0, 0.05) is 18.0 Å². The van der Waals surface area contributed by atoms with Gasteiger partial charge in [0.2, 0.25) is 0 Å². The number of hydrogen-bond acceptors (Lipinski definition) is 2. The minimum atomic E-state index is 0.0941.